The molecule has 0 N–H and O–H groups in total. The van der Waals surface area contributed by atoms with E-state index in [-0.39, 0.29) is 13.2 Å². The van der Waals surface area contributed by atoms with Crippen molar-refractivity contribution in [3.63, 3.8) is 0 Å². The van der Waals surface area contributed by atoms with E-state index in [0.717, 1.165) is 62.8 Å². The Morgan fingerprint density at radius 2 is 0.875 bits per heavy atom. The zero-order valence-electron chi connectivity index (χ0n) is 26.5. The van der Waals surface area contributed by atoms with Crippen LogP contribution in [-0.4, -0.2) is 11.9 Å². The van der Waals surface area contributed by atoms with Gasteiger partial charge in [0.2, 0.25) is 0 Å². The number of hydrogen-bond acceptors (Lipinski definition) is 4. The molecule has 0 fully saturated rings. The summed E-state index contributed by atoms with van der Waals surface area (Å²) in [6.07, 6.45) is 0. The number of benzene rings is 6. The molecular formula is C42H32I2O4. The topological polar surface area (TPSA) is 52.6 Å². The number of ether oxygens (including phenoxy) is 2. The standard InChI is InChI=1S/C42H32I2O4/c1-27-12-9-18-34(41(45)47-25-29-14-5-3-6-15-29)38(27)31-22-32(39-28(2)13-10-20-36(39)43)24-33(23-31)40-35(19-11-21-37(40)44)42(46)48-26-30-16-7-4-8-17-30/h3-24H,25-26H2,1-2H3. The molecule has 6 aromatic rings. The van der Waals surface area contributed by atoms with Gasteiger partial charge >= 0.3 is 11.9 Å². The Labute approximate surface area is 308 Å². The number of hydrogen-bond donors (Lipinski definition) is 0. The lowest BCUT2D eigenvalue weighted by Crippen LogP contribution is -2.09. The van der Waals surface area contributed by atoms with Gasteiger partial charge in [-0.3, -0.25) is 0 Å². The molecule has 0 bridgehead atoms. The van der Waals surface area contributed by atoms with Crippen LogP contribution < -0.4 is 0 Å². The first-order chi connectivity index (χ1) is 23.3. The summed E-state index contributed by atoms with van der Waals surface area (Å²) < 4.78 is 13.7. The second-order valence-electron chi connectivity index (χ2n) is 11.5. The summed E-state index contributed by atoms with van der Waals surface area (Å²) in [5.74, 6) is -0.791. The fourth-order valence-electron chi connectivity index (χ4n) is 5.87. The first-order valence-electron chi connectivity index (χ1n) is 15.5. The van der Waals surface area contributed by atoms with Gasteiger partial charge in [0.05, 0.1) is 11.1 Å². The van der Waals surface area contributed by atoms with E-state index in [9.17, 15) is 9.59 Å². The van der Waals surface area contributed by atoms with Gasteiger partial charge in [-0.05, 0) is 152 Å². The van der Waals surface area contributed by atoms with Crippen LogP contribution in [0.25, 0.3) is 33.4 Å². The van der Waals surface area contributed by atoms with Gasteiger partial charge in [0.25, 0.3) is 0 Å². The van der Waals surface area contributed by atoms with E-state index in [1.807, 2.05) is 104 Å². The highest BCUT2D eigenvalue weighted by Crippen LogP contribution is 2.40. The van der Waals surface area contributed by atoms with Gasteiger partial charge in [-0.2, -0.15) is 0 Å². The lowest BCUT2D eigenvalue weighted by Gasteiger charge is -2.19. The number of aryl methyl sites for hydroxylation is 2. The molecule has 6 aromatic carbocycles. The first-order valence-corrected chi connectivity index (χ1v) is 17.7. The van der Waals surface area contributed by atoms with E-state index in [1.165, 1.54) is 0 Å². The second-order valence-corrected chi connectivity index (χ2v) is 13.8. The van der Waals surface area contributed by atoms with Gasteiger partial charge in [0.15, 0.2) is 0 Å². The van der Waals surface area contributed by atoms with Crippen molar-refractivity contribution in [1.29, 1.82) is 0 Å². The molecule has 0 spiro atoms. The zero-order valence-corrected chi connectivity index (χ0v) is 30.8. The van der Waals surface area contributed by atoms with E-state index >= 15 is 0 Å². The molecule has 48 heavy (non-hydrogen) atoms. The number of carbonyl (C=O) groups excluding carboxylic acids is 2. The summed E-state index contributed by atoms with van der Waals surface area (Å²) in [5, 5.41) is 0. The maximum atomic E-state index is 13.7. The molecule has 0 aliphatic heterocycles. The van der Waals surface area contributed by atoms with Gasteiger partial charge < -0.3 is 9.47 Å². The Kier molecular flexibility index (Phi) is 10.7. The van der Waals surface area contributed by atoms with E-state index in [1.54, 1.807) is 0 Å². The number of rotatable bonds is 9. The Bertz CT molecular complexity index is 1960. The van der Waals surface area contributed by atoms with Crippen molar-refractivity contribution in [1.82, 2.24) is 0 Å². The second kappa shape index (κ2) is 15.3. The molecule has 0 atom stereocenters. The van der Waals surface area contributed by atoms with Crippen LogP contribution in [0, 0.1) is 21.0 Å². The summed E-state index contributed by atoms with van der Waals surface area (Å²) in [6, 6.07) is 43.3. The molecule has 6 heteroatoms. The van der Waals surface area contributed by atoms with Crippen LogP contribution in [0.4, 0.5) is 0 Å². The van der Waals surface area contributed by atoms with Crippen molar-refractivity contribution in [3.05, 3.63) is 174 Å². The molecule has 0 aromatic heterocycles. The SMILES string of the molecule is Cc1cccc(I)c1-c1cc(-c2c(C)cccc2C(=O)OCc2ccccc2)cc(-c2c(I)cccc2C(=O)OCc2ccccc2)c1. The Balaban J connectivity index is 1.49. The molecular weight excluding hydrogens is 822 g/mol. The summed E-state index contributed by atoms with van der Waals surface area (Å²) in [7, 11) is 0. The quantitative estimate of drug-likeness (QED) is 0.107. The van der Waals surface area contributed by atoms with Crippen molar-refractivity contribution in [2.24, 2.45) is 0 Å². The Morgan fingerprint density at radius 1 is 0.479 bits per heavy atom. The lowest BCUT2D eigenvalue weighted by atomic mass is 9.87. The highest BCUT2D eigenvalue weighted by Gasteiger charge is 2.22. The Hall–Kier alpha value is -4.28. The molecule has 0 radical (unpaired) electrons. The van der Waals surface area contributed by atoms with E-state index < -0.39 is 11.9 Å². The van der Waals surface area contributed by atoms with Gasteiger partial charge in [-0.25, -0.2) is 9.59 Å². The fraction of sp³-hybridized carbons (Fsp3) is 0.0952. The van der Waals surface area contributed by atoms with Crippen LogP contribution in [0.2, 0.25) is 0 Å². The minimum atomic E-state index is -0.397. The van der Waals surface area contributed by atoms with Crippen LogP contribution in [0.3, 0.4) is 0 Å². The minimum Gasteiger partial charge on any atom is -0.457 e. The largest absolute Gasteiger partial charge is 0.457 e. The molecule has 238 valence electrons. The number of carbonyl (C=O) groups is 2. The smallest absolute Gasteiger partial charge is 0.339 e. The highest BCUT2D eigenvalue weighted by molar-refractivity contribution is 14.1. The Morgan fingerprint density at radius 3 is 1.40 bits per heavy atom. The molecule has 0 saturated carbocycles. The highest BCUT2D eigenvalue weighted by atomic mass is 127. The molecule has 0 saturated heterocycles. The summed E-state index contributed by atoms with van der Waals surface area (Å²) in [6.45, 7) is 4.46. The maximum absolute atomic E-state index is 13.7. The third kappa shape index (κ3) is 7.55. The third-order valence-corrected chi connectivity index (χ3v) is 9.97. The monoisotopic (exact) mass is 854 g/mol. The van der Waals surface area contributed by atoms with Crippen LogP contribution in [0.1, 0.15) is 43.0 Å². The van der Waals surface area contributed by atoms with E-state index in [0.29, 0.717) is 11.1 Å². The normalized spacial score (nSPS) is 10.8. The van der Waals surface area contributed by atoms with Gasteiger partial charge in [-0.15, -0.1) is 0 Å². The molecule has 0 unspecified atom stereocenters. The van der Waals surface area contributed by atoms with Crippen LogP contribution in [0.5, 0.6) is 0 Å². The maximum Gasteiger partial charge on any atom is 0.339 e. The molecule has 4 nitrogen and oxygen atoms in total. The van der Waals surface area contributed by atoms with Crippen molar-refractivity contribution in [2.45, 2.75) is 27.1 Å². The zero-order chi connectivity index (χ0) is 33.6. The average Bonchev–Trinajstić information content (AvgIpc) is 3.10. The van der Waals surface area contributed by atoms with Crippen molar-refractivity contribution < 1.29 is 19.1 Å². The van der Waals surface area contributed by atoms with Crippen molar-refractivity contribution in [3.8, 4) is 33.4 Å². The lowest BCUT2D eigenvalue weighted by molar-refractivity contribution is 0.0465. The minimum absolute atomic E-state index is 0.176. The van der Waals surface area contributed by atoms with Crippen LogP contribution in [-0.2, 0) is 22.7 Å². The predicted octanol–water partition coefficient (Wildman–Crippen LogP) is 11.2. The van der Waals surface area contributed by atoms with Crippen LogP contribution >= 0.6 is 45.2 Å². The van der Waals surface area contributed by atoms with Gasteiger partial charge in [-0.1, -0.05) is 91.0 Å². The van der Waals surface area contributed by atoms with E-state index in [2.05, 4.69) is 88.5 Å². The summed E-state index contributed by atoms with van der Waals surface area (Å²) >= 11 is 4.66. The third-order valence-electron chi connectivity index (χ3n) is 8.17. The van der Waals surface area contributed by atoms with Crippen LogP contribution in [0.15, 0.2) is 133 Å². The van der Waals surface area contributed by atoms with Gasteiger partial charge in [0.1, 0.15) is 13.2 Å². The molecule has 0 amide bonds. The predicted molar refractivity (Wildman–Crippen MR) is 209 cm³/mol. The van der Waals surface area contributed by atoms with E-state index in [4.69, 9.17) is 9.47 Å². The summed E-state index contributed by atoms with van der Waals surface area (Å²) in [5.41, 5.74) is 10.2. The van der Waals surface area contributed by atoms with Crippen molar-refractivity contribution >= 4 is 57.1 Å². The fourth-order valence-corrected chi connectivity index (χ4v) is 7.62. The molecule has 0 aliphatic rings. The number of halogens is 2. The summed E-state index contributed by atoms with van der Waals surface area (Å²) in [4.78, 5) is 27.4. The first kappa shape index (κ1) is 33.6. The average molecular weight is 855 g/mol. The molecule has 0 heterocycles. The van der Waals surface area contributed by atoms with Gasteiger partial charge in [0, 0.05) is 12.7 Å². The number of esters is 2. The molecule has 6 rings (SSSR count). The molecule has 0 aliphatic carbocycles. The van der Waals surface area contributed by atoms with Crippen molar-refractivity contribution in [2.75, 3.05) is 0 Å².